The van der Waals surface area contributed by atoms with Gasteiger partial charge in [-0.15, -0.1) is 0 Å². The van der Waals surface area contributed by atoms with Gasteiger partial charge in [0.05, 0.1) is 0 Å². The van der Waals surface area contributed by atoms with E-state index in [9.17, 15) is 0 Å². The van der Waals surface area contributed by atoms with E-state index in [2.05, 4.69) is 34.7 Å². The summed E-state index contributed by atoms with van der Waals surface area (Å²) in [6.45, 7) is 0. The van der Waals surface area contributed by atoms with Crippen LogP contribution in [0.2, 0.25) is 0 Å². The minimum absolute atomic E-state index is 0. The second-order valence-corrected chi connectivity index (χ2v) is 2.54. The van der Waals surface area contributed by atoms with Crippen molar-refractivity contribution in [2.75, 3.05) is 0 Å². The molecule has 1 aromatic rings. The van der Waals surface area contributed by atoms with Crippen molar-refractivity contribution in [1.29, 1.82) is 0 Å². The molecule has 0 heterocycles. The van der Waals surface area contributed by atoms with E-state index in [-0.39, 0.29) is 29.6 Å². The van der Waals surface area contributed by atoms with Crippen LogP contribution in [-0.2, 0) is 0 Å². The first-order valence-corrected chi connectivity index (χ1v) is 3.18. The molecule has 1 radical (unpaired) electrons. The number of halogens is 1. The zero-order valence-electron chi connectivity index (χ0n) is 4.76. The molecule has 1 aromatic carbocycles. The molecule has 0 N–H and O–H groups in total. The minimum Gasteiger partial charge on any atom is -0.0622 e. The number of hydrogen-bond donors (Lipinski definition) is 0. The monoisotopic (exact) mass is 227 g/mol. The quantitative estimate of drug-likeness (QED) is 0.469. The van der Waals surface area contributed by atoms with Crippen molar-refractivity contribution in [3.05, 3.63) is 33.9 Å². The Labute approximate surface area is 85.1 Å². The predicted octanol–water partition coefficient (Wildman–Crippen LogP) is 1.91. The van der Waals surface area contributed by atoms with Crippen LogP contribution in [0.1, 0.15) is 0 Å². The molecular weight excluding hydrogens is 222 g/mol. The van der Waals surface area contributed by atoms with Crippen molar-refractivity contribution in [3.63, 3.8) is 0 Å². The topological polar surface area (TPSA) is 0 Å². The summed E-state index contributed by atoms with van der Waals surface area (Å²) >= 11 is 2.28. The third-order valence-corrected chi connectivity index (χ3v) is 1.45. The largest absolute Gasteiger partial charge is 0.0622 e. The Morgan fingerprint density at radius 2 is 1.50 bits per heavy atom. The average molecular weight is 227 g/mol. The van der Waals surface area contributed by atoms with Crippen molar-refractivity contribution >= 4 is 52.1 Å². The van der Waals surface area contributed by atoms with Crippen molar-refractivity contribution in [2.45, 2.75) is 0 Å². The van der Waals surface area contributed by atoms with Crippen molar-refractivity contribution in [1.82, 2.24) is 0 Å². The Hall–Kier alpha value is 0.950. The number of rotatable bonds is 0. The molecule has 0 aromatic heterocycles. The molecular formula is C6H5INa. The van der Waals surface area contributed by atoms with Gasteiger partial charge in [-0.05, 0) is 34.7 Å². The van der Waals surface area contributed by atoms with Gasteiger partial charge >= 0.3 is 0 Å². The molecule has 1 rings (SSSR count). The second kappa shape index (κ2) is 4.79. The molecule has 0 amide bonds. The summed E-state index contributed by atoms with van der Waals surface area (Å²) in [6.07, 6.45) is 0. The summed E-state index contributed by atoms with van der Waals surface area (Å²) in [5.41, 5.74) is 0. The van der Waals surface area contributed by atoms with Crippen LogP contribution >= 0.6 is 22.6 Å². The maximum absolute atomic E-state index is 2.28. The van der Waals surface area contributed by atoms with Gasteiger partial charge in [-0.3, -0.25) is 0 Å². The molecule has 0 saturated heterocycles. The summed E-state index contributed by atoms with van der Waals surface area (Å²) in [5, 5.41) is 0. The van der Waals surface area contributed by atoms with Crippen LogP contribution in [0.5, 0.6) is 0 Å². The van der Waals surface area contributed by atoms with E-state index in [1.54, 1.807) is 0 Å². The first kappa shape index (κ1) is 8.95. The van der Waals surface area contributed by atoms with Crippen molar-refractivity contribution < 1.29 is 0 Å². The van der Waals surface area contributed by atoms with E-state index in [0.717, 1.165) is 0 Å². The van der Waals surface area contributed by atoms with Crippen LogP contribution in [0.15, 0.2) is 30.3 Å². The first-order chi connectivity index (χ1) is 3.39. The van der Waals surface area contributed by atoms with Gasteiger partial charge in [0.1, 0.15) is 0 Å². The van der Waals surface area contributed by atoms with Gasteiger partial charge in [0, 0.05) is 33.1 Å². The summed E-state index contributed by atoms with van der Waals surface area (Å²) in [5.74, 6) is 0. The molecule has 2 heteroatoms. The van der Waals surface area contributed by atoms with Crippen LogP contribution < -0.4 is 0 Å². The van der Waals surface area contributed by atoms with Crippen LogP contribution in [0, 0.1) is 3.57 Å². The number of hydrogen-bond acceptors (Lipinski definition) is 0. The molecule has 0 nitrogen and oxygen atoms in total. The standard InChI is InChI=1S/C6H5I.Na/c7-6-4-2-1-3-5-6;/h1-5H;. The molecule has 37 valence electrons. The molecule has 0 aliphatic heterocycles. The molecule has 0 fully saturated rings. The Bertz CT molecular complexity index is 138. The van der Waals surface area contributed by atoms with Crippen LogP contribution in [0.4, 0.5) is 0 Å². The maximum atomic E-state index is 2.28. The Morgan fingerprint density at radius 1 is 1.00 bits per heavy atom. The fourth-order valence-corrected chi connectivity index (χ4v) is 0.830. The van der Waals surface area contributed by atoms with Gasteiger partial charge < -0.3 is 0 Å². The van der Waals surface area contributed by atoms with Crippen LogP contribution in [-0.4, -0.2) is 29.6 Å². The van der Waals surface area contributed by atoms with Crippen molar-refractivity contribution in [2.24, 2.45) is 0 Å². The molecule has 0 aliphatic rings. The van der Waals surface area contributed by atoms with E-state index >= 15 is 0 Å². The van der Waals surface area contributed by atoms with Gasteiger partial charge in [-0.2, -0.15) is 0 Å². The molecule has 0 bridgehead atoms. The molecule has 0 spiro atoms. The van der Waals surface area contributed by atoms with Gasteiger partial charge in [-0.25, -0.2) is 0 Å². The summed E-state index contributed by atoms with van der Waals surface area (Å²) in [7, 11) is 0. The minimum atomic E-state index is 0. The van der Waals surface area contributed by atoms with Gasteiger partial charge in [0.15, 0.2) is 0 Å². The van der Waals surface area contributed by atoms with Gasteiger partial charge in [-0.1, -0.05) is 18.2 Å². The zero-order chi connectivity index (χ0) is 5.11. The van der Waals surface area contributed by atoms with E-state index in [1.165, 1.54) is 3.57 Å². The number of benzene rings is 1. The molecule has 0 aliphatic carbocycles. The second-order valence-electron chi connectivity index (χ2n) is 1.30. The predicted molar refractivity (Wildman–Crippen MR) is 44.9 cm³/mol. The smallest absolute Gasteiger partial charge is 0.0130 e. The Kier molecular flexibility index (Phi) is 5.36. The van der Waals surface area contributed by atoms with E-state index < -0.39 is 0 Å². The third-order valence-electron chi connectivity index (χ3n) is 0.733. The van der Waals surface area contributed by atoms with Gasteiger partial charge in [0.25, 0.3) is 0 Å². The van der Waals surface area contributed by atoms with E-state index in [4.69, 9.17) is 0 Å². The zero-order valence-corrected chi connectivity index (χ0v) is 8.92. The summed E-state index contributed by atoms with van der Waals surface area (Å²) in [6, 6.07) is 10.2. The van der Waals surface area contributed by atoms with E-state index in [0.29, 0.717) is 0 Å². The fraction of sp³-hybridized carbons (Fsp3) is 0. The van der Waals surface area contributed by atoms with Gasteiger partial charge in [0.2, 0.25) is 0 Å². The molecule has 0 unspecified atom stereocenters. The van der Waals surface area contributed by atoms with E-state index in [1.807, 2.05) is 18.2 Å². The van der Waals surface area contributed by atoms with Crippen LogP contribution in [0.3, 0.4) is 0 Å². The van der Waals surface area contributed by atoms with Crippen LogP contribution in [0.25, 0.3) is 0 Å². The SMILES string of the molecule is Ic1ccccc1.[Na]. The third kappa shape index (κ3) is 3.07. The fourth-order valence-electron chi connectivity index (χ4n) is 0.415. The average Bonchev–Trinajstić information content (AvgIpc) is 1.69. The summed E-state index contributed by atoms with van der Waals surface area (Å²) < 4.78 is 1.29. The normalized spacial score (nSPS) is 7.62. The molecule has 8 heavy (non-hydrogen) atoms. The molecule has 0 atom stereocenters. The molecule has 0 saturated carbocycles. The Morgan fingerprint density at radius 3 is 1.75 bits per heavy atom. The van der Waals surface area contributed by atoms with Crippen molar-refractivity contribution in [3.8, 4) is 0 Å². The first-order valence-electron chi connectivity index (χ1n) is 2.10. The summed E-state index contributed by atoms with van der Waals surface area (Å²) in [4.78, 5) is 0. The maximum Gasteiger partial charge on any atom is 0.0130 e. The Balaban J connectivity index is 0.000000490.